The van der Waals surface area contributed by atoms with E-state index in [0.717, 1.165) is 24.9 Å². The topological polar surface area (TPSA) is 43.7 Å². The van der Waals surface area contributed by atoms with Gasteiger partial charge in [0.25, 0.3) is 0 Å². The van der Waals surface area contributed by atoms with Crippen molar-refractivity contribution in [3.05, 3.63) is 23.3 Å². The van der Waals surface area contributed by atoms with Gasteiger partial charge in [-0.3, -0.25) is 0 Å². The molecule has 0 radical (unpaired) electrons. The molecule has 2 N–H and O–H groups in total. The molecule has 0 spiro atoms. The fourth-order valence-electron chi connectivity index (χ4n) is 5.29. The summed E-state index contributed by atoms with van der Waals surface area (Å²) in [5.41, 5.74) is 2.47. The van der Waals surface area contributed by atoms with Gasteiger partial charge in [-0.1, -0.05) is 18.9 Å². The summed E-state index contributed by atoms with van der Waals surface area (Å²) in [5.74, 6) is 0.868. The fraction of sp³-hybridized carbons (Fsp3) is 0.647. The van der Waals surface area contributed by atoms with E-state index in [1.807, 2.05) is 6.07 Å². The molecule has 0 aromatic heterocycles. The van der Waals surface area contributed by atoms with E-state index in [-0.39, 0.29) is 16.9 Å². The molecule has 20 heavy (non-hydrogen) atoms. The Morgan fingerprint density at radius 3 is 2.90 bits per heavy atom. The van der Waals surface area contributed by atoms with Gasteiger partial charge in [-0.25, -0.2) is 0 Å². The first-order valence-corrected chi connectivity index (χ1v) is 7.88. The number of nitrogens with zero attached hydrogens (tertiary/aromatic N) is 1. The van der Waals surface area contributed by atoms with E-state index in [1.54, 1.807) is 6.07 Å². The number of fused-ring (bicyclic) bond motifs is 1. The largest absolute Gasteiger partial charge is 0.504 e. The van der Waals surface area contributed by atoms with Crippen LogP contribution in [0.1, 0.15) is 43.2 Å². The van der Waals surface area contributed by atoms with Gasteiger partial charge >= 0.3 is 0 Å². The minimum absolute atomic E-state index is 0.0554. The smallest absolute Gasteiger partial charge is 0.161 e. The average Bonchev–Trinajstić information content (AvgIpc) is 2.46. The van der Waals surface area contributed by atoms with E-state index in [2.05, 4.69) is 11.9 Å². The highest BCUT2D eigenvalue weighted by Gasteiger charge is 2.54. The van der Waals surface area contributed by atoms with Crippen molar-refractivity contribution in [2.24, 2.45) is 5.92 Å². The zero-order valence-electron chi connectivity index (χ0n) is 12.1. The molecule has 1 saturated carbocycles. The van der Waals surface area contributed by atoms with Crippen molar-refractivity contribution >= 4 is 0 Å². The van der Waals surface area contributed by atoms with Crippen LogP contribution in [-0.4, -0.2) is 34.7 Å². The first-order chi connectivity index (χ1) is 9.63. The van der Waals surface area contributed by atoms with E-state index in [9.17, 15) is 10.2 Å². The molecule has 0 unspecified atom stereocenters. The van der Waals surface area contributed by atoms with Crippen LogP contribution in [0.4, 0.5) is 0 Å². The molecule has 0 amide bonds. The average molecular weight is 273 g/mol. The molecule has 108 valence electrons. The monoisotopic (exact) mass is 273 g/mol. The lowest BCUT2D eigenvalue weighted by Crippen LogP contribution is -2.59. The lowest BCUT2D eigenvalue weighted by molar-refractivity contribution is 0.00132. The maximum atomic E-state index is 10.5. The number of phenolic OH excluding ortho intramolecular Hbond substituents is 2. The Morgan fingerprint density at radius 2 is 2.05 bits per heavy atom. The van der Waals surface area contributed by atoms with Gasteiger partial charge < -0.3 is 15.1 Å². The third-order valence-electron chi connectivity index (χ3n) is 6.21. The highest BCUT2D eigenvalue weighted by atomic mass is 16.3. The maximum Gasteiger partial charge on any atom is 0.161 e. The first-order valence-electron chi connectivity index (χ1n) is 7.88. The molecule has 1 aromatic carbocycles. The lowest BCUT2D eigenvalue weighted by Gasteiger charge is -2.58. The molecule has 3 nitrogen and oxygen atoms in total. The van der Waals surface area contributed by atoms with Gasteiger partial charge in [0.1, 0.15) is 0 Å². The molecule has 1 saturated heterocycles. The van der Waals surface area contributed by atoms with E-state index >= 15 is 0 Å². The zero-order valence-corrected chi connectivity index (χ0v) is 12.1. The van der Waals surface area contributed by atoms with E-state index in [0.29, 0.717) is 12.0 Å². The summed E-state index contributed by atoms with van der Waals surface area (Å²) in [5, 5.41) is 20.4. The number of rotatable bonds is 0. The van der Waals surface area contributed by atoms with Crippen molar-refractivity contribution in [1.29, 1.82) is 0 Å². The van der Waals surface area contributed by atoms with Crippen LogP contribution in [0.15, 0.2) is 12.1 Å². The molecule has 3 atom stereocenters. The van der Waals surface area contributed by atoms with Crippen LogP contribution >= 0.6 is 0 Å². The van der Waals surface area contributed by atoms with Gasteiger partial charge in [0.2, 0.25) is 0 Å². The third-order valence-corrected chi connectivity index (χ3v) is 6.21. The van der Waals surface area contributed by atoms with Crippen LogP contribution in [0.5, 0.6) is 11.5 Å². The quantitative estimate of drug-likeness (QED) is 0.714. The minimum atomic E-state index is 0.0554. The fourth-order valence-corrected chi connectivity index (χ4v) is 5.29. The normalized spacial score (nSPS) is 36.2. The Hall–Kier alpha value is -1.22. The predicted octanol–water partition coefficient (Wildman–Crippen LogP) is 2.79. The molecule has 2 fully saturated rings. The molecule has 1 aromatic rings. The number of piperidine rings is 1. The van der Waals surface area contributed by atoms with Crippen molar-refractivity contribution in [3.63, 3.8) is 0 Å². The van der Waals surface area contributed by atoms with Crippen LogP contribution in [0.3, 0.4) is 0 Å². The van der Waals surface area contributed by atoms with Crippen LogP contribution < -0.4 is 0 Å². The van der Waals surface area contributed by atoms with Gasteiger partial charge in [0.05, 0.1) is 0 Å². The van der Waals surface area contributed by atoms with Crippen LogP contribution in [0, 0.1) is 5.92 Å². The number of hydrogen-bond donors (Lipinski definition) is 2. The van der Waals surface area contributed by atoms with Crippen molar-refractivity contribution in [2.45, 2.75) is 50.0 Å². The number of benzene rings is 1. The number of phenols is 2. The molecule has 2 bridgehead atoms. The van der Waals surface area contributed by atoms with E-state index in [1.165, 1.54) is 31.2 Å². The molecule has 1 aliphatic heterocycles. The van der Waals surface area contributed by atoms with Gasteiger partial charge in [-0.05, 0) is 56.8 Å². The van der Waals surface area contributed by atoms with Crippen LogP contribution in [0.25, 0.3) is 0 Å². The second-order valence-corrected chi connectivity index (χ2v) is 6.98. The van der Waals surface area contributed by atoms with Gasteiger partial charge in [-0.15, -0.1) is 0 Å². The molecule has 1 heterocycles. The minimum Gasteiger partial charge on any atom is -0.504 e. The third kappa shape index (κ3) is 1.44. The number of likely N-dealkylation sites (tertiary alicyclic amines) is 1. The summed E-state index contributed by atoms with van der Waals surface area (Å²) in [6.45, 7) is 1.11. The Bertz CT molecular complexity index is 556. The summed E-state index contributed by atoms with van der Waals surface area (Å²) >= 11 is 0. The van der Waals surface area contributed by atoms with E-state index in [4.69, 9.17) is 0 Å². The van der Waals surface area contributed by atoms with Gasteiger partial charge in [-0.2, -0.15) is 0 Å². The lowest BCUT2D eigenvalue weighted by atomic mass is 9.52. The Labute approximate surface area is 120 Å². The second-order valence-electron chi connectivity index (χ2n) is 6.98. The van der Waals surface area contributed by atoms with Crippen molar-refractivity contribution in [1.82, 2.24) is 4.90 Å². The summed E-state index contributed by atoms with van der Waals surface area (Å²) < 4.78 is 0. The molecule has 2 aliphatic carbocycles. The Kier molecular flexibility index (Phi) is 2.59. The SMILES string of the molecule is CN1CC[C@]23CCCC[C@H]2[C@H]1Cc1ccc(O)c(O)c13. The molecule has 3 aliphatic rings. The zero-order chi connectivity index (χ0) is 13.9. The Balaban J connectivity index is 1.95. The molecule has 4 rings (SSSR count). The van der Waals surface area contributed by atoms with Gasteiger partial charge in [0, 0.05) is 17.0 Å². The highest BCUT2D eigenvalue weighted by Crippen LogP contribution is 2.58. The predicted molar refractivity (Wildman–Crippen MR) is 78.1 cm³/mol. The van der Waals surface area contributed by atoms with Crippen molar-refractivity contribution < 1.29 is 10.2 Å². The van der Waals surface area contributed by atoms with Gasteiger partial charge in [0.15, 0.2) is 11.5 Å². The number of likely N-dealkylation sites (N-methyl/N-ethyl adjacent to an activating group) is 1. The highest BCUT2D eigenvalue weighted by molar-refractivity contribution is 5.55. The summed E-state index contributed by atoms with van der Waals surface area (Å²) in [4.78, 5) is 2.51. The Morgan fingerprint density at radius 1 is 1.20 bits per heavy atom. The molecular formula is C17H23NO2. The van der Waals surface area contributed by atoms with E-state index < -0.39 is 0 Å². The van der Waals surface area contributed by atoms with Crippen LogP contribution in [-0.2, 0) is 11.8 Å². The summed E-state index contributed by atoms with van der Waals surface area (Å²) in [7, 11) is 2.24. The first kappa shape index (κ1) is 12.5. The molecule has 3 heteroatoms. The van der Waals surface area contributed by atoms with Crippen LogP contribution in [0.2, 0.25) is 0 Å². The van der Waals surface area contributed by atoms with Crippen molar-refractivity contribution in [3.8, 4) is 11.5 Å². The second kappa shape index (κ2) is 4.14. The molecular weight excluding hydrogens is 250 g/mol. The number of hydrogen-bond acceptors (Lipinski definition) is 3. The summed E-state index contributed by atoms with van der Waals surface area (Å²) in [6, 6.07) is 4.30. The maximum absolute atomic E-state index is 10.5. The standard InChI is InChI=1S/C17H23NO2/c1-18-9-8-17-7-3-2-4-12(17)13(18)10-11-5-6-14(19)16(20)15(11)17/h5-6,12-13,19-20H,2-4,7-10H2,1H3/t12-,13+,17+/m0/s1. The summed E-state index contributed by atoms with van der Waals surface area (Å²) in [6.07, 6.45) is 7.14. The number of aromatic hydroxyl groups is 2. The van der Waals surface area contributed by atoms with Crippen molar-refractivity contribution in [2.75, 3.05) is 13.6 Å².